The van der Waals surface area contributed by atoms with Crippen molar-refractivity contribution in [3.8, 4) is 0 Å². The summed E-state index contributed by atoms with van der Waals surface area (Å²) in [6.07, 6.45) is 0.875. The first-order chi connectivity index (χ1) is 12.9. The fraction of sp³-hybridized carbons (Fsp3) is 0.586. The molecule has 0 fully saturated rings. The lowest BCUT2D eigenvalue weighted by Gasteiger charge is -2.27. The third-order valence-electron chi connectivity index (χ3n) is 5.58. The molecule has 0 saturated carbocycles. The van der Waals surface area contributed by atoms with Gasteiger partial charge in [-0.05, 0) is 73.6 Å². The van der Waals surface area contributed by atoms with Gasteiger partial charge in [0.05, 0.1) is 0 Å². The second-order valence-corrected chi connectivity index (χ2v) is 12.8. The summed E-state index contributed by atoms with van der Waals surface area (Å²) in [5.74, 6) is 0. The highest BCUT2D eigenvalue weighted by Crippen LogP contribution is 2.33. The van der Waals surface area contributed by atoms with Crippen LogP contribution in [0, 0.1) is 12.1 Å². The molecule has 0 saturated heterocycles. The molecule has 0 aromatic heterocycles. The molecule has 0 amide bonds. The maximum absolute atomic E-state index is 3.74. The highest BCUT2D eigenvalue weighted by atomic mass is 14.3. The van der Waals surface area contributed by atoms with Crippen molar-refractivity contribution < 1.29 is 0 Å². The van der Waals surface area contributed by atoms with E-state index >= 15 is 0 Å². The molecule has 29 heavy (non-hydrogen) atoms. The lowest BCUT2D eigenvalue weighted by atomic mass is 9.77. The highest BCUT2D eigenvalue weighted by molar-refractivity contribution is 5.41. The van der Waals surface area contributed by atoms with Gasteiger partial charge >= 0.3 is 0 Å². The normalized spacial score (nSPS) is 13.7. The lowest BCUT2D eigenvalue weighted by molar-refractivity contribution is 0.565. The molecule has 0 aliphatic carbocycles. The molecule has 0 heterocycles. The third-order valence-corrected chi connectivity index (χ3v) is 5.58. The van der Waals surface area contributed by atoms with Crippen molar-refractivity contribution in [3.05, 3.63) is 69.8 Å². The number of rotatable bonds is 2. The molecule has 0 nitrogen and oxygen atoms in total. The van der Waals surface area contributed by atoms with Crippen molar-refractivity contribution in [1.82, 2.24) is 0 Å². The van der Waals surface area contributed by atoms with Crippen molar-refractivity contribution in [2.24, 2.45) is 0 Å². The molecule has 2 rings (SSSR count). The Kier molecular flexibility index (Phi) is 6.22. The van der Waals surface area contributed by atoms with Gasteiger partial charge in [0.15, 0.2) is 0 Å². The van der Waals surface area contributed by atoms with Crippen LogP contribution >= 0.6 is 0 Å². The minimum atomic E-state index is 0.0869. The van der Waals surface area contributed by atoms with Gasteiger partial charge in [0, 0.05) is 0 Å². The van der Waals surface area contributed by atoms with Gasteiger partial charge in [-0.25, -0.2) is 0 Å². The van der Waals surface area contributed by atoms with Crippen LogP contribution in [-0.4, -0.2) is 0 Å². The minimum absolute atomic E-state index is 0.0869. The minimum Gasteiger partial charge on any atom is -0.0561 e. The van der Waals surface area contributed by atoms with E-state index in [0.29, 0.717) is 0 Å². The van der Waals surface area contributed by atoms with Crippen LogP contribution in [0.2, 0.25) is 0 Å². The molecule has 0 heteroatoms. The third kappa shape index (κ3) is 6.21. The highest BCUT2D eigenvalue weighted by Gasteiger charge is 2.23. The molecule has 0 bridgehead atoms. The average molecular weight is 391 g/mol. The molecule has 0 unspecified atom stereocenters. The first-order valence-corrected chi connectivity index (χ1v) is 11.0. The van der Waals surface area contributed by atoms with E-state index in [-0.39, 0.29) is 21.7 Å². The second-order valence-electron chi connectivity index (χ2n) is 12.8. The molecule has 0 aliphatic heterocycles. The van der Waals surface area contributed by atoms with Gasteiger partial charge in [0.25, 0.3) is 0 Å². The van der Waals surface area contributed by atoms with Crippen LogP contribution in [0.5, 0.6) is 0 Å². The maximum atomic E-state index is 3.74. The van der Waals surface area contributed by atoms with E-state index in [9.17, 15) is 0 Å². The van der Waals surface area contributed by atoms with Crippen LogP contribution in [0.1, 0.15) is 116 Å². The summed E-state index contributed by atoms with van der Waals surface area (Å²) in [5, 5.41) is 0. The molecule has 0 aliphatic rings. The number of hydrogen-bond donors (Lipinski definition) is 0. The van der Waals surface area contributed by atoms with Gasteiger partial charge in [0.1, 0.15) is 0 Å². The Hall–Kier alpha value is -1.56. The van der Waals surface area contributed by atoms with Crippen molar-refractivity contribution in [2.45, 2.75) is 111 Å². The van der Waals surface area contributed by atoms with Crippen LogP contribution in [0.3, 0.4) is 0 Å². The molecule has 2 aromatic rings. The molecule has 158 valence electrons. The predicted octanol–water partition coefficient (Wildman–Crippen LogP) is 8.07. The van der Waals surface area contributed by atoms with Crippen molar-refractivity contribution in [3.63, 3.8) is 0 Å². The zero-order valence-electron chi connectivity index (χ0n) is 21.0. The van der Waals surface area contributed by atoms with Crippen LogP contribution in [0.15, 0.2) is 24.3 Å². The number of benzene rings is 2. The lowest BCUT2D eigenvalue weighted by Crippen LogP contribution is -2.18. The summed E-state index contributed by atoms with van der Waals surface area (Å²) in [6, 6.07) is 16.9. The standard InChI is InChI=1S/C29H42/c1-26(2,3)22-14-20(15-23(18-22)27(4,5)6)13-21-16-24(28(7,8)9)19-25(17-21)29(10,11)12/h14,16,18-19H,13H2,1-12H3. The van der Waals surface area contributed by atoms with E-state index in [0.717, 1.165) is 6.42 Å². The quantitative estimate of drug-likeness (QED) is 0.486. The van der Waals surface area contributed by atoms with Crippen LogP contribution in [-0.2, 0) is 28.1 Å². The Bertz CT molecular complexity index is 715. The molecule has 2 aromatic carbocycles. The molecule has 0 N–H and O–H groups in total. The maximum Gasteiger partial charge on any atom is -0.00130 e. The molecule has 0 spiro atoms. The van der Waals surface area contributed by atoms with Gasteiger partial charge in [-0.2, -0.15) is 0 Å². The number of hydrogen-bond acceptors (Lipinski definition) is 0. The Morgan fingerprint density at radius 1 is 0.483 bits per heavy atom. The van der Waals surface area contributed by atoms with Crippen LogP contribution in [0.25, 0.3) is 0 Å². The zero-order valence-corrected chi connectivity index (χ0v) is 21.0. The Morgan fingerprint density at radius 2 is 0.793 bits per heavy atom. The summed E-state index contributed by atoms with van der Waals surface area (Å²) in [6.45, 7) is 27.4. The molecule has 0 atom stereocenters. The molecular weight excluding hydrogens is 348 g/mol. The fourth-order valence-electron chi connectivity index (χ4n) is 3.33. The topological polar surface area (TPSA) is 0 Å². The first kappa shape index (κ1) is 23.7. The van der Waals surface area contributed by atoms with Crippen molar-refractivity contribution in [1.29, 1.82) is 0 Å². The van der Waals surface area contributed by atoms with Gasteiger partial charge < -0.3 is 0 Å². The van der Waals surface area contributed by atoms with E-state index in [4.69, 9.17) is 0 Å². The molecule has 2 radical (unpaired) electrons. The fourth-order valence-corrected chi connectivity index (χ4v) is 3.33. The second kappa shape index (κ2) is 7.60. The van der Waals surface area contributed by atoms with E-state index in [2.05, 4.69) is 119 Å². The van der Waals surface area contributed by atoms with E-state index < -0.39 is 0 Å². The van der Waals surface area contributed by atoms with Gasteiger partial charge in [-0.3, -0.25) is 0 Å². The zero-order chi connectivity index (χ0) is 22.4. The summed E-state index contributed by atoms with van der Waals surface area (Å²) in [5.41, 5.74) is 8.32. The van der Waals surface area contributed by atoms with Crippen LogP contribution in [0.4, 0.5) is 0 Å². The summed E-state index contributed by atoms with van der Waals surface area (Å²) in [7, 11) is 0. The average Bonchev–Trinajstić information content (AvgIpc) is 2.51. The Labute approximate surface area is 181 Å². The monoisotopic (exact) mass is 390 g/mol. The first-order valence-electron chi connectivity index (χ1n) is 11.0. The van der Waals surface area contributed by atoms with Crippen molar-refractivity contribution in [2.75, 3.05) is 0 Å². The summed E-state index contributed by atoms with van der Waals surface area (Å²) < 4.78 is 0. The SMILES string of the molecule is CC(C)(C)c1[c]c(Cc2[c]c(C(C)(C)C)cc(C(C)(C)C)c2)cc(C(C)(C)C)c1. The van der Waals surface area contributed by atoms with E-state index in [1.54, 1.807) is 0 Å². The predicted molar refractivity (Wildman–Crippen MR) is 128 cm³/mol. The van der Waals surface area contributed by atoms with E-state index in [1.807, 2.05) is 0 Å². The van der Waals surface area contributed by atoms with Gasteiger partial charge in [0.2, 0.25) is 0 Å². The van der Waals surface area contributed by atoms with Gasteiger partial charge in [-0.15, -0.1) is 0 Å². The smallest absolute Gasteiger partial charge is 0.00130 e. The Morgan fingerprint density at radius 3 is 1.03 bits per heavy atom. The van der Waals surface area contributed by atoms with Crippen molar-refractivity contribution >= 4 is 0 Å². The van der Waals surface area contributed by atoms with E-state index in [1.165, 1.54) is 33.4 Å². The summed E-state index contributed by atoms with van der Waals surface area (Å²) in [4.78, 5) is 0. The Balaban J connectivity index is 2.61. The van der Waals surface area contributed by atoms with Crippen LogP contribution < -0.4 is 0 Å². The largest absolute Gasteiger partial charge is 0.0561 e. The molecular formula is C29H42. The summed E-state index contributed by atoms with van der Waals surface area (Å²) >= 11 is 0. The van der Waals surface area contributed by atoms with Gasteiger partial charge in [-0.1, -0.05) is 107 Å².